The standard InChI is InChI=1S/C15H13BO4/c1-19-14(17)15(11-7-3-2-4-8-11)12-9-5-6-10-13(12)16(18)20-15/h2-10,18H,1H3. The van der Waals surface area contributed by atoms with Crippen LogP contribution in [0, 0.1) is 0 Å². The van der Waals surface area contributed by atoms with E-state index in [1.165, 1.54) is 7.11 Å². The van der Waals surface area contributed by atoms with E-state index in [2.05, 4.69) is 0 Å². The Balaban J connectivity index is 2.27. The first-order chi connectivity index (χ1) is 9.70. The molecule has 0 saturated carbocycles. The molecule has 1 N–H and O–H groups in total. The van der Waals surface area contributed by atoms with Gasteiger partial charge in [0.1, 0.15) is 0 Å². The second-order valence-electron chi connectivity index (χ2n) is 4.60. The number of ether oxygens (including phenoxy) is 1. The van der Waals surface area contributed by atoms with Crippen molar-refractivity contribution in [1.29, 1.82) is 0 Å². The third-order valence-corrected chi connectivity index (χ3v) is 3.55. The van der Waals surface area contributed by atoms with Crippen LogP contribution in [0.15, 0.2) is 54.6 Å². The van der Waals surface area contributed by atoms with Crippen molar-refractivity contribution in [3.05, 3.63) is 65.7 Å². The van der Waals surface area contributed by atoms with Gasteiger partial charge in [0.2, 0.25) is 5.60 Å². The van der Waals surface area contributed by atoms with Crippen LogP contribution in [0.4, 0.5) is 0 Å². The summed E-state index contributed by atoms with van der Waals surface area (Å²) in [7, 11) is 0.162. The molecule has 4 nitrogen and oxygen atoms in total. The minimum Gasteiger partial charge on any atom is -0.466 e. The van der Waals surface area contributed by atoms with Gasteiger partial charge < -0.3 is 14.4 Å². The SMILES string of the molecule is COC(=O)C1(c2ccccc2)OB(O)c2ccccc21. The fourth-order valence-electron chi connectivity index (χ4n) is 2.64. The number of rotatable bonds is 2. The molecule has 0 aromatic heterocycles. The third-order valence-electron chi connectivity index (χ3n) is 3.55. The van der Waals surface area contributed by atoms with Gasteiger partial charge >= 0.3 is 13.1 Å². The molecule has 2 aromatic carbocycles. The Bertz CT molecular complexity index is 643. The topological polar surface area (TPSA) is 55.8 Å². The average molecular weight is 268 g/mol. The van der Waals surface area contributed by atoms with Crippen molar-refractivity contribution in [2.75, 3.05) is 7.11 Å². The Morgan fingerprint density at radius 1 is 1.15 bits per heavy atom. The van der Waals surface area contributed by atoms with E-state index in [1.54, 1.807) is 36.4 Å². The van der Waals surface area contributed by atoms with Crippen LogP contribution in [-0.4, -0.2) is 25.2 Å². The molecular weight excluding hydrogens is 255 g/mol. The lowest BCUT2D eigenvalue weighted by Gasteiger charge is -2.28. The highest BCUT2D eigenvalue weighted by atomic mass is 16.6. The van der Waals surface area contributed by atoms with Crippen molar-refractivity contribution in [3.8, 4) is 0 Å². The summed E-state index contributed by atoms with van der Waals surface area (Å²) < 4.78 is 10.6. The molecule has 1 aliphatic rings. The minimum absolute atomic E-state index is 0.548. The van der Waals surface area contributed by atoms with Crippen molar-refractivity contribution in [1.82, 2.24) is 0 Å². The average Bonchev–Trinajstić information content (AvgIpc) is 2.82. The van der Waals surface area contributed by atoms with Gasteiger partial charge in [-0.3, -0.25) is 0 Å². The molecule has 2 aromatic rings. The summed E-state index contributed by atoms with van der Waals surface area (Å²) in [5.41, 5.74) is 0.426. The fourth-order valence-corrected chi connectivity index (χ4v) is 2.64. The number of hydrogen-bond donors (Lipinski definition) is 1. The second kappa shape index (κ2) is 4.78. The molecule has 0 amide bonds. The number of carbonyl (C=O) groups excluding carboxylic acids is 1. The maximum atomic E-state index is 12.4. The van der Waals surface area contributed by atoms with Gasteiger partial charge in [0.25, 0.3) is 0 Å². The van der Waals surface area contributed by atoms with Gasteiger partial charge in [-0.05, 0) is 16.6 Å². The number of hydrogen-bond acceptors (Lipinski definition) is 4. The summed E-state index contributed by atoms with van der Waals surface area (Å²) in [5.74, 6) is -0.548. The second-order valence-corrected chi connectivity index (χ2v) is 4.60. The Labute approximate surface area is 117 Å². The monoisotopic (exact) mass is 268 g/mol. The van der Waals surface area contributed by atoms with Crippen LogP contribution in [0.25, 0.3) is 0 Å². The number of esters is 1. The van der Waals surface area contributed by atoms with E-state index in [9.17, 15) is 9.82 Å². The van der Waals surface area contributed by atoms with Crippen molar-refractivity contribution < 1.29 is 19.2 Å². The molecule has 0 saturated heterocycles. The number of carbonyl (C=O) groups is 1. The van der Waals surface area contributed by atoms with Gasteiger partial charge in [-0.2, -0.15) is 0 Å². The maximum Gasteiger partial charge on any atom is 0.492 e. The zero-order valence-electron chi connectivity index (χ0n) is 10.9. The molecule has 0 radical (unpaired) electrons. The van der Waals surface area contributed by atoms with E-state index in [-0.39, 0.29) is 0 Å². The lowest BCUT2D eigenvalue weighted by Crippen LogP contribution is -2.39. The largest absolute Gasteiger partial charge is 0.492 e. The first kappa shape index (κ1) is 12.9. The van der Waals surface area contributed by atoms with Crippen LogP contribution in [0.1, 0.15) is 11.1 Å². The molecule has 1 aliphatic heterocycles. The fraction of sp³-hybridized carbons (Fsp3) is 0.133. The van der Waals surface area contributed by atoms with E-state index in [1.807, 2.05) is 18.2 Å². The summed E-state index contributed by atoms with van der Waals surface area (Å²) in [6.45, 7) is 0. The number of benzene rings is 2. The molecule has 100 valence electrons. The maximum absolute atomic E-state index is 12.4. The molecular formula is C15H13BO4. The Morgan fingerprint density at radius 3 is 2.50 bits per heavy atom. The lowest BCUT2D eigenvalue weighted by atomic mass is 9.77. The van der Waals surface area contributed by atoms with E-state index in [0.717, 1.165) is 0 Å². The Kier molecular flexibility index (Phi) is 3.08. The van der Waals surface area contributed by atoms with Gasteiger partial charge in [0, 0.05) is 0 Å². The number of fused-ring (bicyclic) bond motifs is 1. The van der Waals surface area contributed by atoms with Crippen LogP contribution in [0.5, 0.6) is 0 Å². The van der Waals surface area contributed by atoms with Crippen LogP contribution < -0.4 is 5.46 Å². The molecule has 1 unspecified atom stereocenters. The zero-order valence-corrected chi connectivity index (χ0v) is 10.9. The van der Waals surface area contributed by atoms with Gasteiger partial charge in [-0.1, -0.05) is 54.6 Å². The molecule has 20 heavy (non-hydrogen) atoms. The van der Waals surface area contributed by atoms with Crippen molar-refractivity contribution in [2.24, 2.45) is 0 Å². The third kappa shape index (κ3) is 1.67. The molecule has 0 spiro atoms. The Hall–Kier alpha value is -2.11. The zero-order chi connectivity index (χ0) is 14.2. The van der Waals surface area contributed by atoms with E-state index < -0.39 is 18.7 Å². The smallest absolute Gasteiger partial charge is 0.466 e. The molecule has 5 heteroatoms. The van der Waals surface area contributed by atoms with Crippen molar-refractivity contribution in [3.63, 3.8) is 0 Å². The van der Waals surface area contributed by atoms with Crippen molar-refractivity contribution in [2.45, 2.75) is 5.60 Å². The highest BCUT2D eigenvalue weighted by Gasteiger charge is 2.54. The predicted octanol–water partition coefficient (Wildman–Crippen LogP) is 0.821. The highest BCUT2D eigenvalue weighted by Crippen LogP contribution is 2.38. The number of methoxy groups -OCH3 is 1. The molecule has 0 fully saturated rings. The lowest BCUT2D eigenvalue weighted by molar-refractivity contribution is -0.156. The molecule has 0 aliphatic carbocycles. The first-order valence-electron chi connectivity index (χ1n) is 6.29. The van der Waals surface area contributed by atoms with Gasteiger partial charge in [0.05, 0.1) is 7.11 Å². The van der Waals surface area contributed by atoms with E-state index in [4.69, 9.17) is 9.39 Å². The van der Waals surface area contributed by atoms with E-state index >= 15 is 0 Å². The summed E-state index contributed by atoms with van der Waals surface area (Å²) in [5, 5.41) is 10.1. The molecule has 1 heterocycles. The highest BCUT2D eigenvalue weighted by molar-refractivity contribution is 6.62. The first-order valence-corrected chi connectivity index (χ1v) is 6.29. The summed E-state index contributed by atoms with van der Waals surface area (Å²) in [4.78, 5) is 12.4. The summed E-state index contributed by atoms with van der Waals surface area (Å²) >= 11 is 0. The van der Waals surface area contributed by atoms with Gasteiger partial charge in [0.15, 0.2) is 0 Å². The van der Waals surface area contributed by atoms with Crippen molar-refractivity contribution >= 4 is 18.6 Å². The van der Waals surface area contributed by atoms with Crippen LogP contribution in [-0.2, 0) is 19.8 Å². The summed E-state index contributed by atoms with van der Waals surface area (Å²) in [6, 6.07) is 16.2. The van der Waals surface area contributed by atoms with Gasteiger partial charge in [-0.15, -0.1) is 0 Å². The predicted molar refractivity (Wildman–Crippen MR) is 74.4 cm³/mol. The quantitative estimate of drug-likeness (QED) is 0.647. The summed E-state index contributed by atoms with van der Waals surface area (Å²) in [6.07, 6.45) is 0. The minimum atomic E-state index is -1.41. The van der Waals surface area contributed by atoms with Crippen LogP contribution in [0.2, 0.25) is 0 Å². The molecule has 3 rings (SSSR count). The Morgan fingerprint density at radius 2 is 1.80 bits per heavy atom. The molecule has 1 atom stereocenters. The van der Waals surface area contributed by atoms with Crippen LogP contribution in [0.3, 0.4) is 0 Å². The molecule has 0 bridgehead atoms. The van der Waals surface area contributed by atoms with E-state index in [0.29, 0.717) is 16.6 Å². The normalized spacial score (nSPS) is 20.6. The van der Waals surface area contributed by atoms with Crippen LogP contribution >= 0.6 is 0 Å². The van der Waals surface area contributed by atoms with Gasteiger partial charge in [-0.25, -0.2) is 4.79 Å².